The molecule has 0 bridgehead atoms. The summed E-state index contributed by atoms with van der Waals surface area (Å²) in [4.78, 5) is 36.1. The quantitative estimate of drug-likeness (QED) is 0.624. The second-order valence-corrected chi connectivity index (χ2v) is 6.40. The lowest BCUT2D eigenvalue weighted by atomic mass is 9.91. The van der Waals surface area contributed by atoms with E-state index in [2.05, 4.69) is 0 Å². The van der Waals surface area contributed by atoms with Crippen molar-refractivity contribution in [2.45, 2.75) is 39.3 Å². The molecule has 2 rings (SSSR count). The first-order chi connectivity index (χ1) is 11.8. The molecule has 1 fully saturated rings. The maximum Gasteiger partial charge on any atom is 0.416 e. The van der Waals surface area contributed by atoms with E-state index < -0.39 is 28.9 Å². The SMILES string of the molecule is CC[C@H](C(=O)N1C(=O)OC[C@@H]1C(C)C)[C@H](O)c1ccc([N+](=O)[O-])cc1. The average molecular weight is 350 g/mol. The van der Waals surface area contributed by atoms with Crippen LogP contribution in [-0.2, 0) is 9.53 Å². The maximum atomic E-state index is 12.8. The third-order valence-corrected chi connectivity index (χ3v) is 4.50. The fourth-order valence-corrected chi connectivity index (χ4v) is 2.92. The summed E-state index contributed by atoms with van der Waals surface area (Å²) >= 11 is 0. The van der Waals surface area contributed by atoms with Crippen molar-refractivity contribution in [3.63, 3.8) is 0 Å². The summed E-state index contributed by atoms with van der Waals surface area (Å²) in [7, 11) is 0. The smallest absolute Gasteiger partial charge is 0.416 e. The molecule has 0 spiro atoms. The van der Waals surface area contributed by atoms with Gasteiger partial charge in [0.1, 0.15) is 6.61 Å². The van der Waals surface area contributed by atoms with Gasteiger partial charge in [-0.3, -0.25) is 14.9 Å². The number of rotatable bonds is 6. The number of nitro benzene ring substituents is 1. The van der Waals surface area contributed by atoms with Crippen LogP contribution in [0.1, 0.15) is 38.9 Å². The minimum atomic E-state index is -1.17. The monoisotopic (exact) mass is 350 g/mol. The average Bonchev–Trinajstić information content (AvgIpc) is 2.97. The molecule has 0 radical (unpaired) electrons. The van der Waals surface area contributed by atoms with E-state index in [4.69, 9.17) is 4.74 Å². The summed E-state index contributed by atoms with van der Waals surface area (Å²) in [6.07, 6.45) is -1.55. The summed E-state index contributed by atoms with van der Waals surface area (Å²) < 4.78 is 4.99. The normalized spacial score (nSPS) is 19.6. The molecule has 1 aromatic carbocycles. The lowest BCUT2D eigenvalue weighted by Gasteiger charge is -2.28. The number of non-ortho nitro benzene ring substituents is 1. The number of carbonyl (C=O) groups excluding carboxylic acids is 2. The number of cyclic esters (lactones) is 1. The fourth-order valence-electron chi connectivity index (χ4n) is 2.92. The molecule has 25 heavy (non-hydrogen) atoms. The molecule has 1 aromatic rings. The van der Waals surface area contributed by atoms with Gasteiger partial charge in [-0.1, -0.05) is 20.8 Å². The van der Waals surface area contributed by atoms with Gasteiger partial charge in [0, 0.05) is 12.1 Å². The van der Waals surface area contributed by atoms with Crippen molar-refractivity contribution in [1.82, 2.24) is 4.90 Å². The second kappa shape index (κ2) is 7.60. The van der Waals surface area contributed by atoms with E-state index in [9.17, 15) is 24.8 Å². The third kappa shape index (κ3) is 3.79. The molecule has 8 nitrogen and oxygen atoms in total. The lowest BCUT2D eigenvalue weighted by Crippen LogP contribution is -2.46. The van der Waals surface area contributed by atoms with Crippen LogP contribution in [0.5, 0.6) is 0 Å². The van der Waals surface area contributed by atoms with Gasteiger partial charge in [0.2, 0.25) is 5.91 Å². The van der Waals surface area contributed by atoms with Crippen molar-refractivity contribution in [2.24, 2.45) is 11.8 Å². The van der Waals surface area contributed by atoms with E-state index in [1.165, 1.54) is 24.3 Å². The van der Waals surface area contributed by atoms with Crippen molar-refractivity contribution in [3.8, 4) is 0 Å². The fraction of sp³-hybridized carbons (Fsp3) is 0.529. The highest BCUT2D eigenvalue weighted by molar-refractivity contribution is 5.95. The number of ether oxygens (including phenoxy) is 1. The van der Waals surface area contributed by atoms with Crippen LogP contribution in [0.25, 0.3) is 0 Å². The lowest BCUT2D eigenvalue weighted by molar-refractivity contribution is -0.384. The van der Waals surface area contributed by atoms with Gasteiger partial charge in [0.05, 0.1) is 23.0 Å². The van der Waals surface area contributed by atoms with Crippen LogP contribution in [0.3, 0.4) is 0 Å². The molecule has 0 aliphatic carbocycles. The van der Waals surface area contributed by atoms with Crippen LogP contribution in [0.4, 0.5) is 10.5 Å². The molecule has 2 amide bonds. The van der Waals surface area contributed by atoms with Gasteiger partial charge < -0.3 is 9.84 Å². The summed E-state index contributed by atoms with van der Waals surface area (Å²) in [5.74, 6) is -1.30. The summed E-state index contributed by atoms with van der Waals surface area (Å²) in [5, 5.41) is 21.3. The van der Waals surface area contributed by atoms with E-state index in [0.717, 1.165) is 4.90 Å². The predicted octanol–water partition coefficient (Wildman–Crippen LogP) is 2.66. The van der Waals surface area contributed by atoms with Crippen LogP contribution in [0.15, 0.2) is 24.3 Å². The zero-order valence-corrected chi connectivity index (χ0v) is 14.4. The number of imide groups is 1. The van der Waals surface area contributed by atoms with E-state index in [1.807, 2.05) is 13.8 Å². The molecule has 0 unspecified atom stereocenters. The minimum absolute atomic E-state index is 0.0319. The Balaban J connectivity index is 2.23. The Morgan fingerprint density at radius 3 is 2.48 bits per heavy atom. The van der Waals surface area contributed by atoms with Crippen molar-refractivity contribution >= 4 is 17.7 Å². The Morgan fingerprint density at radius 1 is 1.40 bits per heavy atom. The zero-order valence-electron chi connectivity index (χ0n) is 14.4. The van der Waals surface area contributed by atoms with Gasteiger partial charge in [-0.15, -0.1) is 0 Å². The molecular formula is C17H22N2O6. The number of aliphatic hydroxyl groups excluding tert-OH is 1. The Kier molecular flexibility index (Phi) is 5.73. The first-order valence-electron chi connectivity index (χ1n) is 8.20. The first kappa shape index (κ1) is 18.9. The highest BCUT2D eigenvalue weighted by atomic mass is 16.6. The molecule has 1 N–H and O–H groups in total. The number of nitrogens with zero attached hydrogens (tertiary/aromatic N) is 2. The number of amides is 2. The third-order valence-electron chi connectivity index (χ3n) is 4.50. The Morgan fingerprint density at radius 2 is 2.00 bits per heavy atom. The number of hydrogen-bond acceptors (Lipinski definition) is 6. The summed E-state index contributed by atoms with van der Waals surface area (Å²) in [5.41, 5.74) is 0.290. The second-order valence-electron chi connectivity index (χ2n) is 6.40. The zero-order chi connectivity index (χ0) is 18.7. The van der Waals surface area contributed by atoms with Crippen molar-refractivity contribution < 1.29 is 24.4 Å². The molecule has 0 saturated carbocycles. The topological polar surface area (TPSA) is 110 Å². The number of carbonyl (C=O) groups is 2. The van der Waals surface area contributed by atoms with E-state index in [1.54, 1.807) is 6.92 Å². The van der Waals surface area contributed by atoms with E-state index in [-0.39, 0.29) is 24.3 Å². The van der Waals surface area contributed by atoms with Crippen molar-refractivity contribution in [3.05, 3.63) is 39.9 Å². The highest BCUT2D eigenvalue weighted by Crippen LogP contribution is 2.31. The standard InChI is InChI=1S/C17H22N2O6/c1-4-13(15(20)11-5-7-12(8-6-11)19(23)24)16(21)18-14(10(2)3)9-25-17(18)22/h5-8,10,13-15,20H,4,9H2,1-3H3/t13-,14+,15+/m0/s1. The number of aliphatic hydroxyl groups is 1. The van der Waals surface area contributed by atoms with Gasteiger partial charge in [-0.25, -0.2) is 9.69 Å². The highest BCUT2D eigenvalue weighted by Gasteiger charge is 2.43. The molecule has 1 heterocycles. The molecule has 1 saturated heterocycles. The van der Waals surface area contributed by atoms with Crippen LogP contribution >= 0.6 is 0 Å². The number of hydrogen-bond donors (Lipinski definition) is 1. The van der Waals surface area contributed by atoms with E-state index in [0.29, 0.717) is 12.0 Å². The molecule has 136 valence electrons. The Labute approximate surface area is 145 Å². The Hall–Kier alpha value is -2.48. The largest absolute Gasteiger partial charge is 0.447 e. The molecule has 3 atom stereocenters. The van der Waals surface area contributed by atoms with Crippen LogP contribution in [0, 0.1) is 22.0 Å². The van der Waals surface area contributed by atoms with E-state index >= 15 is 0 Å². The number of benzene rings is 1. The van der Waals surface area contributed by atoms with Gasteiger partial charge >= 0.3 is 6.09 Å². The van der Waals surface area contributed by atoms with Gasteiger partial charge in [-0.05, 0) is 30.0 Å². The molecular weight excluding hydrogens is 328 g/mol. The van der Waals surface area contributed by atoms with Gasteiger partial charge in [-0.2, -0.15) is 0 Å². The van der Waals surface area contributed by atoms with Crippen LogP contribution < -0.4 is 0 Å². The molecule has 8 heteroatoms. The molecule has 1 aliphatic rings. The first-order valence-corrected chi connectivity index (χ1v) is 8.20. The van der Waals surface area contributed by atoms with Crippen LogP contribution in [-0.4, -0.2) is 39.6 Å². The number of nitro groups is 1. The minimum Gasteiger partial charge on any atom is -0.447 e. The summed E-state index contributed by atoms with van der Waals surface area (Å²) in [6, 6.07) is 5.02. The molecule has 0 aromatic heterocycles. The Bertz CT molecular complexity index is 658. The maximum absolute atomic E-state index is 12.8. The van der Waals surface area contributed by atoms with Crippen molar-refractivity contribution in [1.29, 1.82) is 0 Å². The van der Waals surface area contributed by atoms with Crippen LogP contribution in [0.2, 0.25) is 0 Å². The van der Waals surface area contributed by atoms with Gasteiger partial charge in [0.25, 0.3) is 5.69 Å². The van der Waals surface area contributed by atoms with Gasteiger partial charge in [0.15, 0.2) is 0 Å². The predicted molar refractivity (Wildman–Crippen MR) is 88.7 cm³/mol. The van der Waals surface area contributed by atoms with Crippen molar-refractivity contribution in [2.75, 3.05) is 6.61 Å². The molecule has 1 aliphatic heterocycles. The summed E-state index contributed by atoms with van der Waals surface area (Å²) in [6.45, 7) is 5.66.